The van der Waals surface area contributed by atoms with E-state index in [1.807, 2.05) is 78.9 Å². The molecule has 1 aliphatic carbocycles. The number of allylic oxidation sites excluding steroid dienone is 3. The van der Waals surface area contributed by atoms with Crippen molar-refractivity contribution in [1.82, 2.24) is 19.9 Å². The lowest BCUT2D eigenvalue weighted by Gasteiger charge is -2.18. The van der Waals surface area contributed by atoms with Crippen LogP contribution in [0, 0.1) is 0 Å². The number of hydrogen-bond donors (Lipinski definition) is 0. The summed E-state index contributed by atoms with van der Waals surface area (Å²) >= 11 is 0. The molecule has 226 valence electrons. The zero-order valence-corrected chi connectivity index (χ0v) is 25.9. The summed E-state index contributed by atoms with van der Waals surface area (Å²) in [4.78, 5) is 20.2. The molecular weight excluding hydrogens is 589 g/mol. The first-order valence-electron chi connectivity index (χ1n) is 16.0. The minimum Gasteiger partial charge on any atom is -0.436 e. The third-order valence-electron chi connectivity index (χ3n) is 8.81. The molecule has 0 amide bonds. The molecular formula is C43H28N4O. The van der Waals surface area contributed by atoms with E-state index in [4.69, 9.17) is 24.4 Å². The van der Waals surface area contributed by atoms with Crippen LogP contribution in [-0.2, 0) is 6.42 Å². The average Bonchev–Trinajstić information content (AvgIpc) is 3.44. The first-order valence-corrected chi connectivity index (χ1v) is 16.0. The fourth-order valence-corrected chi connectivity index (χ4v) is 6.54. The van der Waals surface area contributed by atoms with Crippen LogP contribution in [0.15, 0.2) is 156 Å². The summed E-state index contributed by atoms with van der Waals surface area (Å²) in [5, 5.41) is 4.53. The summed E-state index contributed by atoms with van der Waals surface area (Å²) in [7, 11) is 0. The van der Waals surface area contributed by atoms with E-state index >= 15 is 0 Å². The molecule has 1 aliphatic rings. The summed E-state index contributed by atoms with van der Waals surface area (Å²) in [5.41, 5.74) is 6.82. The van der Waals surface area contributed by atoms with Gasteiger partial charge in [0, 0.05) is 34.2 Å². The van der Waals surface area contributed by atoms with E-state index < -0.39 is 0 Å². The largest absolute Gasteiger partial charge is 0.436 e. The van der Waals surface area contributed by atoms with Crippen molar-refractivity contribution in [2.24, 2.45) is 0 Å². The molecule has 2 heterocycles. The summed E-state index contributed by atoms with van der Waals surface area (Å²) < 4.78 is 6.18. The van der Waals surface area contributed by atoms with Gasteiger partial charge in [-0.1, -0.05) is 140 Å². The van der Waals surface area contributed by atoms with Crippen LogP contribution in [0.25, 0.3) is 84.4 Å². The van der Waals surface area contributed by atoms with Gasteiger partial charge in [-0.2, -0.15) is 0 Å². The second-order valence-electron chi connectivity index (χ2n) is 11.8. The second kappa shape index (κ2) is 11.7. The van der Waals surface area contributed by atoms with Crippen LogP contribution < -0.4 is 0 Å². The van der Waals surface area contributed by atoms with Crippen LogP contribution in [-0.4, -0.2) is 19.9 Å². The topological polar surface area (TPSA) is 64.7 Å². The molecule has 5 nitrogen and oxygen atoms in total. The Morgan fingerprint density at radius 3 is 1.56 bits per heavy atom. The van der Waals surface area contributed by atoms with Gasteiger partial charge in [-0.05, 0) is 45.3 Å². The Labute approximate surface area is 277 Å². The van der Waals surface area contributed by atoms with Gasteiger partial charge >= 0.3 is 0 Å². The number of hydrogen-bond acceptors (Lipinski definition) is 5. The molecule has 2 aromatic heterocycles. The Balaban J connectivity index is 1.30. The Kier molecular flexibility index (Phi) is 6.79. The molecule has 0 spiro atoms. The lowest BCUT2D eigenvalue weighted by molar-refractivity contribution is 0.563. The zero-order valence-electron chi connectivity index (χ0n) is 25.9. The maximum Gasteiger partial charge on any atom is 0.226 e. The number of rotatable bonds is 5. The molecule has 0 radical (unpaired) electrons. The maximum absolute atomic E-state index is 6.18. The Hall–Kier alpha value is -6.46. The molecule has 0 saturated heterocycles. The monoisotopic (exact) mass is 616 g/mol. The van der Waals surface area contributed by atoms with Crippen molar-refractivity contribution in [1.29, 1.82) is 0 Å². The van der Waals surface area contributed by atoms with Gasteiger partial charge in [-0.15, -0.1) is 0 Å². The average molecular weight is 617 g/mol. The minimum atomic E-state index is 0.618. The number of fused-ring (bicyclic) bond motifs is 4. The highest BCUT2D eigenvalue weighted by molar-refractivity contribution is 6.21. The number of nitrogens with zero attached hydrogens (tertiary/aromatic N) is 4. The molecule has 48 heavy (non-hydrogen) atoms. The van der Waals surface area contributed by atoms with Crippen molar-refractivity contribution < 1.29 is 4.42 Å². The van der Waals surface area contributed by atoms with E-state index in [1.54, 1.807) is 0 Å². The zero-order chi connectivity index (χ0) is 31.9. The second-order valence-corrected chi connectivity index (χ2v) is 11.8. The molecule has 0 aliphatic heterocycles. The molecule has 0 N–H and O–H groups in total. The molecule has 0 bridgehead atoms. The van der Waals surface area contributed by atoms with Gasteiger partial charge in [-0.3, -0.25) is 0 Å². The third kappa shape index (κ3) is 4.89. The maximum atomic E-state index is 6.18. The van der Waals surface area contributed by atoms with Gasteiger partial charge < -0.3 is 4.42 Å². The molecule has 0 atom stereocenters. The van der Waals surface area contributed by atoms with E-state index in [9.17, 15) is 0 Å². The summed E-state index contributed by atoms with van der Waals surface area (Å²) in [6.45, 7) is 0. The van der Waals surface area contributed by atoms with Crippen LogP contribution in [0.3, 0.4) is 0 Å². The van der Waals surface area contributed by atoms with E-state index in [0.29, 0.717) is 23.4 Å². The minimum absolute atomic E-state index is 0.618. The van der Waals surface area contributed by atoms with Gasteiger partial charge in [-0.25, -0.2) is 19.9 Å². The highest BCUT2D eigenvalue weighted by Crippen LogP contribution is 2.44. The van der Waals surface area contributed by atoms with Crippen LogP contribution in [0.4, 0.5) is 0 Å². The Bertz CT molecular complexity index is 2460. The van der Waals surface area contributed by atoms with E-state index in [2.05, 4.69) is 78.9 Å². The van der Waals surface area contributed by atoms with Crippen molar-refractivity contribution in [2.75, 3.05) is 0 Å². The normalized spacial score (nSPS) is 12.3. The highest BCUT2D eigenvalue weighted by Gasteiger charge is 2.22. The number of oxazole rings is 1. The summed E-state index contributed by atoms with van der Waals surface area (Å²) in [6, 6.07) is 45.8. The third-order valence-corrected chi connectivity index (χ3v) is 8.81. The van der Waals surface area contributed by atoms with Gasteiger partial charge in [0.1, 0.15) is 0 Å². The molecule has 0 unspecified atom stereocenters. The molecule has 0 saturated carbocycles. The fourth-order valence-electron chi connectivity index (χ4n) is 6.54. The van der Waals surface area contributed by atoms with Crippen molar-refractivity contribution in [3.8, 4) is 56.7 Å². The Morgan fingerprint density at radius 1 is 0.417 bits per heavy atom. The van der Waals surface area contributed by atoms with Crippen LogP contribution in [0.2, 0.25) is 0 Å². The molecule has 5 heteroatoms. The predicted octanol–water partition coefficient (Wildman–Crippen LogP) is 10.6. The molecule has 0 fully saturated rings. The number of benzene rings is 6. The molecule has 9 rings (SSSR count). The molecule has 8 aromatic rings. The van der Waals surface area contributed by atoms with Crippen molar-refractivity contribution in [2.45, 2.75) is 6.42 Å². The molecule has 6 aromatic carbocycles. The van der Waals surface area contributed by atoms with Crippen molar-refractivity contribution in [3.05, 3.63) is 163 Å². The first kappa shape index (κ1) is 27.8. The lowest BCUT2D eigenvalue weighted by atomic mass is 9.87. The summed E-state index contributed by atoms with van der Waals surface area (Å²) in [5.74, 6) is 3.31. The van der Waals surface area contributed by atoms with Gasteiger partial charge in [0.2, 0.25) is 5.89 Å². The summed E-state index contributed by atoms with van der Waals surface area (Å²) in [6.07, 6.45) is 8.83. The predicted molar refractivity (Wildman–Crippen MR) is 194 cm³/mol. The standard InChI is InChI=1S/C43H28N4O/c1-4-14-29(15-5-1)40-45-41(30-16-6-2-7-17-30)47-42(46-40)39-35-21-13-11-19-33(35)32-18-10-12-20-34(32)38(39)28-24-26-31(27-25-28)43-44-36-22-8-3-9-23-37(36)48-43/h1-21,23-27H,22H2. The van der Waals surface area contributed by atoms with Crippen molar-refractivity contribution in [3.63, 3.8) is 0 Å². The van der Waals surface area contributed by atoms with Crippen LogP contribution in [0.1, 0.15) is 11.5 Å². The van der Waals surface area contributed by atoms with E-state index in [-0.39, 0.29) is 0 Å². The quantitative estimate of drug-likeness (QED) is 0.180. The SMILES string of the molecule is C1=CCc2nc(-c3ccc(-c4c(-c5nc(-c6ccccc6)nc(-c6ccccc6)n5)c5ccccc5c5ccccc45)cc3)oc2C=C1. The van der Waals surface area contributed by atoms with Gasteiger partial charge in [0.25, 0.3) is 0 Å². The van der Waals surface area contributed by atoms with Gasteiger partial charge in [0.15, 0.2) is 23.2 Å². The first-order chi connectivity index (χ1) is 23.8. The van der Waals surface area contributed by atoms with E-state index in [1.165, 1.54) is 5.39 Å². The smallest absolute Gasteiger partial charge is 0.226 e. The highest BCUT2D eigenvalue weighted by atomic mass is 16.4. The van der Waals surface area contributed by atoms with Gasteiger partial charge in [0.05, 0.1) is 5.69 Å². The fraction of sp³-hybridized carbons (Fsp3) is 0.0233. The Morgan fingerprint density at radius 2 is 0.938 bits per heavy atom. The van der Waals surface area contributed by atoms with Crippen LogP contribution in [0.5, 0.6) is 0 Å². The number of aromatic nitrogens is 4. The van der Waals surface area contributed by atoms with Crippen LogP contribution >= 0.6 is 0 Å². The lowest BCUT2D eigenvalue weighted by Crippen LogP contribution is -2.02. The van der Waals surface area contributed by atoms with Crippen molar-refractivity contribution >= 4 is 27.6 Å². The van der Waals surface area contributed by atoms with E-state index in [0.717, 1.165) is 67.4 Å².